The first-order valence-electron chi connectivity index (χ1n) is 26.8. The second-order valence-electron chi connectivity index (χ2n) is 17.8. The van der Waals surface area contributed by atoms with Crippen molar-refractivity contribution in [3.8, 4) is 0 Å². The van der Waals surface area contributed by atoms with Gasteiger partial charge in [0, 0.05) is 19.3 Å². The lowest BCUT2D eigenvalue weighted by Gasteiger charge is -2.18. The summed E-state index contributed by atoms with van der Waals surface area (Å²) in [6.45, 7) is 6.56. The number of hydrogen-bond donors (Lipinski definition) is 0. The normalized spacial score (nSPS) is 12.5. The van der Waals surface area contributed by atoms with Gasteiger partial charge in [-0.25, -0.2) is 0 Å². The molecular formula is C57H100O6. The summed E-state index contributed by atoms with van der Waals surface area (Å²) in [5, 5.41) is 0. The first-order chi connectivity index (χ1) is 31.0. The smallest absolute Gasteiger partial charge is 0.306 e. The largest absolute Gasteiger partial charge is 0.462 e. The van der Waals surface area contributed by atoms with Crippen LogP contribution < -0.4 is 0 Å². The summed E-state index contributed by atoms with van der Waals surface area (Å²) in [5.41, 5.74) is 0. The van der Waals surface area contributed by atoms with Crippen LogP contribution >= 0.6 is 0 Å². The van der Waals surface area contributed by atoms with E-state index in [0.29, 0.717) is 19.3 Å². The highest BCUT2D eigenvalue weighted by atomic mass is 16.6. The highest BCUT2D eigenvalue weighted by Crippen LogP contribution is 2.14. The molecule has 364 valence electrons. The van der Waals surface area contributed by atoms with Crippen LogP contribution in [-0.4, -0.2) is 37.2 Å². The maximum absolute atomic E-state index is 12.8. The van der Waals surface area contributed by atoms with Gasteiger partial charge < -0.3 is 14.2 Å². The summed E-state index contributed by atoms with van der Waals surface area (Å²) >= 11 is 0. The fraction of sp³-hybridized carbons (Fsp3) is 0.772. The fourth-order valence-corrected chi connectivity index (χ4v) is 7.38. The molecule has 0 N–H and O–H groups in total. The molecule has 0 spiro atoms. The van der Waals surface area contributed by atoms with Crippen molar-refractivity contribution in [2.75, 3.05) is 13.2 Å². The van der Waals surface area contributed by atoms with Crippen LogP contribution in [0.2, 0.25) is 0 Å². The minimum absolute atomic E-state index is 0.0859. The average Bonchev–Trinajstić information content (AvgIpc) is 3.28. The molecular weight excluding hydrogens is 781 g/mol. The van der Waals surface area contributed by atoms with E-state index in [9.17, 15) is 14.4 Å². The van der Waals surface area contributed by atoms with Gasteiger partial charge in [0.05, 0.1) is 0 Å². The molecule has 63 heavy (non-hydrogen) atoms. The summed E-state index contributed by atoms with van der Waals surface area (Å²) in [6.07, 6.45) is 63.4. The van der Waals surface area contributed by atoms with Crippen molar-refractivity contribution in [3.05, 3.63) is 60.8 Å². The maximum atomic E-state index is 12.8. The van der Waals surface area contributed by atoms with E-state index in [1.54, 1.807) is 0 Å². The van der Waals surface area contributed by atoms with Crippen LogP contribution in [0.15, 0.2) is 60.8 Å². The monoisotopic (exact) mass is 881 g/mol. The van der Waals surface area contributed by atoms with Gasteiger partial charge in [-0.3, -0.25) is 14.4 Å². The van der Waals surface area contributed by atoms with Gasteiger partial charge in [-0.1, -0.05) is 197 Å². The van der Waals surface area contributed by atoms with E-state index in [0.717, 1.165) is 96.3 Å². The highest BCUT2D eigenvalue weighted by molar-refractivity contribution is 5.71. The molecule has 0 aromatic rings. The van der Waals surface area contributed by atoms with Crippen LogP contribution in [0.4, 0.5) is 0 Å². The molecule has 0 aliphatic heterocycles. The van der Waals surface area contributed by atoms with E-state index in [4.69, 9.17) is 14.2 Å². The molecule has 0 saturated carbocycles. The molecule has 1 atom stereocenters. The third kappa shape index (κ3) is 50.0. The number of carbonyl (C=O) groups excluding carboxylic acids is 3. The molecule has 0 heterocycles. The van der Waals surface area contributed by atoms with Crippen LogP contribution in [0.5, 0.6) is 0 Å². The van der Waals surface area contributed by atoms with E-state index < -0.39 is 6.10 Å². The Morgan fingerprint density at radius 1 is 0.317 bits per heavy atom. The summed E-state index contributed by atoms with van der Waals surface area (Å²) in [5.74, 6) is -0.911. The molecule has 0 rings (SSSR count). The first kappa shape index (κ1) is 60.1. The van der Waals surface area contributed by atoms with E-state index in [2.05, 4.69) is 81.5 Å². The minimum atomic E-state index is -0.786. The maximum Gasteiger partial charge on any atom is 0.306 e. The Hall–Kier alpha value is -2.89. The lowest BCUT2D eigenvalue weighted by atomic mass is 10.1. The third-order valence-corrected chi connectivity index (χ3v) is 11.5. The number of unbranched alkanes of at least 4 members (excludes halogenated alkanes) is 27. The van der Waals surface area contributed by atoms with E-state index in [1.165, 1.54) is 128 Å². The zero-order chi connectivity index (χ0) is 45.8. The van der Waals surface area contributed by atoms with Crippen LogP contribution in [0.25, 0.3) is 0 Å². The molecule has 0 saturated heterocycles. The minimum Gasteiger partial charge on any atom is -0.462 e. The Balaban J connectivity index is 4.39. The van der Waals surface area contributed by atoms with Crippen molar-refractivity contribution in [2.45, 2.75) is 271 Å². The van der Waals surface area contributed by atoms with Crippen LogP contribution in [0.1, 0.15) is 265 Å². The van der Waals surface area contributed by atoms with Crippen LogP contribution in [0, 0.1) is 0 Å². The molecule has 0 aromatic heterocycles. The quantitative estimate of drug-likeness (QED) is 0.0262. The Labute approximate surface area is 390 Å². The standard InChI is InChI=1S/C57H100O6/c1-4-7-10-13-16-19-22-25-27-28-29-30-31-33-35-38-41-44-47-50-56(59)62-53-54(52-61-55(58)49-46-43-40-37-34-24-21-18-15-12-9-6-3)63-57(60)51-48-45-42-39-36-32-26-23-20-17-14-11-8-5-2/h16,18-19,21,23,25-27,29-30,54H,4-15,17,20,22,24,28,31-53H2,1-3H3/b19-16-,21-18-,26-23-,27-25-,30-29-. The van der Waals surface area contributed by atoms with E-state index in [-0.39, 0.29) is 31.1 Å². The van der Waals surface area contributed by atoms with Crippen molar-refractivity contribution in [2.24, 2.45) is 0 Å². The molecule has 0 amide bonds. The Morgan fingerprint density at radius 2 is 0.571 bits per heavy atom. The number of carbonyl (C=O) groups is 3. The molecule has 0 aromatic carbocycles. The number of rotatable bonds is 48. The fourth-order valence-electron chi connectivity index (χ4n) is 7.38. The van der Waals surface area contributed by atoms with Gasteiger partial charge in [-0.2, -0.15) is 0 Å². The van der Waals surface area contributed by atoms with Crippen molar-refractivity contribution in [1.82, 2.24) is 0 Å². The molecule has 0 aliphatic carbocycles. The molecule has 6 nitrogen and oxygen atoms in total. The summed E-state index contributed by atoms with van der Waals surface area (Å²) in [7, 11) is 0. The summed E-state index contributed by atoms with van der Waals surface area (Å²) < 4.78 is 16.8. The van der Waals surface area contributed by atoms with E-state index >= 15 is 0 Å². The second kappa shape index (κ2) is 51.7. The lowest BCUT2D eigenvalue weighted by molar-refractivity contribution is -0.167. The topological polar surface area (TPSA) is 78.9 Å². The summed E-state index contributed by atoms with van der Waals surface area (Å²) in [4.78, 5) is 38.0. The van der Waals surface area contributed by atoms with Gasteiger partial charge in [-0.15, -0.1) is 0 Å². The highest BCUT2D eigenvalue weighted by Gasteiger charge is 2.19. The predicted molar refractivity (Wildman–Crippen MR) is 270 cm³/mol. The van der Waals surface area contributed by atoms with Crippen molar-refractivity contribution in [1.29, 1.82) is 0 Å². The number of esters is 3. The summed E-state index contributed by atoms with van der Waals surface area (Å²) in [6, 6.07) is 0. The molecule has 0 fully saturated rings. The zero-order valence-electron chi connectivity index (χ0n) is 41.6. The van der Waals surface area contributed by atoms with Gasteiger partial charge in [-0.05, 0) is 109 Å². The predicted octanol–water partition coefficient (Wildman–Crippen LogP) is 17.6. The van der Waals surface area contributed by atoms with Crippen LogP contribution in [-0.2, 0) is 28.6 Å². The first-order valence-corrected chi connectivity index (χ1v) is 26.8. The number of hydrogen-bond acceptors (Lipinski definition) is 6. The SMILES string of the molecule is CCCCC/C=C\C/C=C\C/C=C\CCCCCCCCC(=O)OCC(COC(=O)CCCCCCC/C=C\CCCCC)OC(=O)CCCCCCC/C=C\CCCCCCC. The second-order valence-corrected chi connectivity index (χ2v) is 17.8. The van der Waals surface area contributed by atoms with Gasteiger partial charge in [0.1, 0.15) is 13.2 Å². The van der Waals surface area contributed by atoms with Gasteiger partial charge in [0.25, 0.3) is 0 Å². The Kier molecular flexibility index (Phi) is 49.4. The molecule has 6 heteroatoms. The van der Waals surface area contributed by atoms with Gasteiger partial charge in [0.15, 0.2) is 6.10 Å². The van der Waals surface area contributed by atoms with Gasteiger partial charge in [0.2, 0.25) is 0 Å². The van der Waals surface area contributed by atoms with E-state index in [1.807, 2.05) is 0 Å². The molecule has 0 aliphatic rings. The third-order valence-electron chi connectivity index (χ3n) is 11.5. The molecule has 0 bridgehead atoms. The molecule has 0 radical (unpaired) electrons. The lowest BCUT2D eigenvalue weighted by Crippen LogP contribution is -2.30. The van der Waals surface area contributed by atoms with Crippen molar-refractivity contribution >= 4 is 17.9 Å². The Morgan fingerprint density at radius 3 is 0.937 bits per heavy atom. The number of ether oxygens (including phenoxy) is 3. The average molecular weight is 881 g/mol. The van der Waals surface area contributed by atoms with Crippen LogP contribution in [0.3, 0.4) is 0 Å². The van der Waals surface area contributed by atoms with Crippen molar-refractivity contribution < 1.29 is 28.6 Å². The van der Waals surface area contributed by atoms with Gasteiger partial charge >= 0.3 is 17.9 Å². The van der Waals surface area contributed by atoms with Crippen molar-refractivity contribution in [3.63, 3.8) is 0 Å². The Bertz CT molecular complexity index is 1150. The number of allylic oxidation sites excluding steroid dienone is 10. The molecule has 1 unspecified atom stereocenters. The zero-order valence-corrected chi connectivity index (χ0v) is 41.6.